The first-order valence-electron chi connectivity index (χ1n) is 6.59. The largest absolute Gasteiger partial charge is 0.421 e. The van der Waals surface area contributed by atoms with Crippen molar-refractivity contribution in [2.24, 2.45) is 0 Å². The molecule has 3 heteroatoms. The van der Waals surface area contributed by atoms with Crippen LogP contribution < -0.4 is 0 Å². The third-order valence-corrected chi connectivity index (χ3v) is 1.53. The molecule has 0 aliphatic rings. The van der Waals surface area contributed by atoms with Gasteiger partial charge in [-0.3, -0.25) is 0 Å². The van der Waals surface area contributed by atoms with E-state index in [-0.39, 0.29) is 0 Å². The van der Waals surface area contributed by atoms with Gasteiger partial charge in [0.2, 0.25) is 11.8 Å². The van der Waals surface area contributed by atoms with Crippen LogP contribution in [0.2, 0.25) is 0 Å². The molecule has 0 amide bonds. The Labute approximate surface area is 118 Å². The van der Waals surface area contributed by atoms with E-state index in [0.717, 1.165) is 12.0 Å². The van der Waals surface area contributed by atoms with Crippen LogP contribution in [0.15, 0.2) is 49.0 Å². The van der Waals surface area contributed by atoms with Crippen molar-refractivity contribution in [3.63, 3.8) is 0 Å². The van der Waals surface area contributed by atoms with Crippen LogP contribution in [0.25, 0.3) is 5.57 Å². The van der Waals surface area contributed by atoms with Crippen molar-refractivity contribution >= 4 is 5.57 Å². The molecular weight excluding hydrogens is 236 g/mol. The lowest BCUT2D eigenvalue weighted by molar-refractivity contribution is 0.489. The fourth-order valence-electron chi connectivity index (χ4n) is 0.867. The highest BCUT2D eigenvalue weighted by Crippen LogP contribution is 2.13. The molecule has 0 bridgehead atoms. The molecule has 0 fully saturated rings. The molecule has 0 atom stereocenters. The minimum atomic E-state index is 0.492. The van der Waals surface area contributed by atoms with Crippen LogP contribution in [0.3, 0.4) is 0 Å². The molecule has 3 nitrogen and oxygen atoms in total. The van der Waals surface area contributed by atoms with Gasteiger partial charge in [0.05, 0.1) is 0 Å². The van der Waals surface area contributed by atoms with Gasteiger partial charge in [0, 0.05) is 12.0 Å². The van der Waals surface area contributed by atoms with Gasteiger partial charge in [0.1, 0.15) is 0 Å². The number of allylic oxidation sites excluding steroid dienone is 4. The summed E-state index contributed by atoms with van der Waals surface area (Å²) < 4.78 is 5.33. The van der Waals surface area contributed by atoms with Crippen LogP contribution in [-0.2, 0) is 6.42 Å². The molecule has 0 N–H and O–H groups in total. The van der Waals surface area contributed by atoms with Crippen LogP contribution in [0.5, 0.6) is 0 Å². The van der Waals surface area contributed by atoms with Gasteiger partial charge in [-0.2, -0.15) is 0 Å². The van der Waals surface area contributed by atoms with E-state index in [1.54, 1.807) is 18.2 Å². The zero-order valence-electron chi connectivity index (χ0n) is 13.1. The Hall–Kier alpha value is -1.90. The van der Waals surface area contributed by atoms with Crippen molar-refractivity contribution in [2.45, 2.75) is 41.0 Å². The van der Waals surface area contributed by atoms with E-state index >= 15 is 0 Å². The van der Waals surface area contributed by atoms with Crippen LogP contribution in [0.1, 0.15) is 46.4 Å². The normalized spacial score (nSPS) is 8.58. The van der Waals surface area contributed by atoms with Crippen LogP contribution in [-0.4, -0.2) is 10.2 Å². The summed E-state index contributed by atoms with van der Waals surface area (Å²) in [6.07, 6.45) is 5.84. The van der Waals surface area contributed by atoms with E-state index in [4.69, 9.17) is 4.42 Å². The first-order chi connectivity index (χ1) is 9.31. The summed E-state index contributed by atoms with van der Waals surface area (Å²) in [4.78, 5) is 0. The minimum Gasteiger partial charge on any atom is -0.421 e. The van der Waals surface area contributed by atoms with Crippen molar-refractivity contribution in [1.29, 1.82) is 0 Å². The first-order valence-corrected chi connectivity index (χ1v) is 6.59. The summed E-state index contributed by atoms with van der Waals surface area (Å²) in [5.74, 6) is 1.12. The maximum absolute atomic E-state index is 5.33. The van der Waals surface area contributed by atoms with Crippen LogP contribution >= 0.6 is 0 Å². The molecule has 1 aromatic rings. The number of nitrogens with zero attached hydrogens (tertiary/aromatic N) is 2. The fraction of sp³-hybridized carbons (Fsp3) is 0.375. The standard InChI is InChI=1S/C10H12N2O.2C2H6.C2H4/c1-4-7-8(5-2)10-12-11-9(6-3)13-10;3*1-2/h4-5,7H,1-2,6H2,3H3;2*1-2H3;1-2H2/b8-7+;;;. The van der Waals surface area contributed by atoms with Gasteiger partial charge in [0.15, 0.2) is 0 Å². The Morgan fingerprint density at radius 3 is 1.95 bits per heavy atom. The van der Waals surface area contributed by atoms with Gasteiger partial charge < -0.3 is 4.42 Å². The minimum absolute atomic E-state index is 0.492. The van der Waals surface area contributed by atoms with Gasteiger partial charge in [-0.15, -0.1) is 23.4 Å². The van der Waals surface area contributed by atoms with Crippen molar-refractivity contribution in [3.8, 4) is 0 Å². The Morgan fingerprint density at radius 2 is 1.63 bits per heavy atom. The maximum atomic E-state index is 5.33. The Kier molecular flexibility index (Phi) is 21.7. The predicted molar refractivity (Wildman–Crippen MR) is 86.0 cm³/mol. The summed E-state index contributed by atoms with van der Waals surface area (Å²) in [7, 11) is 0. The lowest BCUT2D eigenvalue weighted by Crippen LogP contribution is -1.79. The average molecular weight is 264 g/mol. The average Bonchev–Trinajstić information content (AvgIpc) is 2.99. The molecule has 0 aliphatic heterocycles. The second kappa shape index (κ2) is 18.5. The van der Waals surface area contributed by atoms with Gasteiger partial charge in [-0.25, -0.2) is 0 Å². The van der Waals surface area contributed by atoms with E-state index < -0.39 is 0 Å². The zero-order chi connectivity index (χ0) is 15.7. The Morgan fingerprint density at radius 1 is 1.11 bits per heavy atom. The molecule has 1 rings (SSSR count). The molecule has 0 saturated heterocycles. The quantitative estimate of drug-likeness (QED) is 0.551. The number of hydrogen-bond acceptors (Lipinski definition) is 3. The number of aromatic nitrogens is 2. The number of hydrogen-bond donors (Lipinski definition) is 0. The summed E-state index contributed by atoms with van der Waals surface area (Å²) in [5, 5.41) is 7.72. The third-order valence-electron chi connectivity index (χ3n) is 1.53. The summed E-state index contributed by atoms with van der Waals surface area (Å²) >= 11 is 0. The molecule has 1 heterocycles. The molecule has 0 spiro atoms. The molecule has 0 unspecified atom stereocenters. The molecule has 1 aromatic heterocycles. The second-order valence-corrected chi connectivity index (χ2v) is 2.42. The first kappa shape index (κ1) is 22.3. The maximum Gasteiger partial charge on any atom is 0.247 e. The smallest absolute Gasteiger partial charge is 0.247 e. The third kappa shape index (κ3) is 9.77. The second-order valence-electron chi connectivity index (χ2n) is 2.42. The molecule has 0 aromatic carbocycles. The van der Waals surface area contributed by atoms with E-state index in [1.807, 2.05) is 34.6 Å². The lowest BCUT2D eigenvalue weighted by Gasteiger charge is -1.90. The van der Waals surface area contributed by atoms with Crippen molar-refractivity contribution in [3.05, 3.63) is 56.3 Å². The molecule has 0 saturated carbocycles. The highest BCUT2D eigenvalue weighted by Gasteiger charge is 2.05. The van der Waals surface area contributed by atoms with E-state index in [2.05, 4.69) is 36.5 Å². The monoisotopic (exact) mass is 264 g/mol. The van der Waals surface area contributed by atoms with Gasteiger partial charge >= 0.3 is 0 Å². The van der Waals surface area contributed by atoms with Crippen molar-refractivity contribution < 1.29 is 4.42 Å². The van der Waals surface area contributed by atoms with Gasteiger partial charge in [0.25, 0.3) is 0 Å². The molecule has 19 heavy (non-hydrogen) atoms. The highest BCUT2D eigenvalue weighted by atomic mass is 16.4. The van der Waals surface area contributed by atoms with E-state index in [1.165, 1.54) is 0 Å². The van der Waals surface area contributed by atoms with Crippen LogP contribution in [0, 0.1) is 0 Å². The predicted octanol–water partition coefficient (Wildman–Crippen LogP) is 5.24. The topological polar surface area (TPSA) is 38.9 Å². The van der Waals surface area contributed by atoms with Crippen LogP contribution in [0.4, 0.5) is 0 Å². The fourth-order valence-corrected chi connectivity index (χ4v) is 0.867. The van der Waals surface area contributed by atoms with E-state index in [9.17, 15) is 0 Å². The molecular formula is C16H28N2O. The summed E-state index contributed by atoms with van der Waals surface area (Å²) in [6.45, 7) is 23.2. The van der Waals surface area contributed by atoms with E-state index in [0.29, 0.717) is 11.8 Å². The summed E-state index contributed by atoms with van der Waals surface area (Å²) in [5.41, 5.74) is 0.794. The summed E-state index contributed by atoms with van der Waals surface area (Å²) in [6, 6.07) is 0. The van der Waals surface area contributed by atoms with Gasteiger partial charge in [-0.1, -0.05) is 66.0 Å². The van der Waals surface area contributed by atoms with Crippen molar-refractivity contribution in [1.82, 2.24) is 10.2 Å². The number of aryl methyl sites for hydroxylation is 1. The molecule has 0 radical (unpaired) electrons. The zero-order valence-corrected chi connectivity index (χ0v) is 13.1. The number of rotatable bonds is 4. The lowest BCUT2D eigenvalue weighted by atomic mass is 10.2. The Balaban J connectivity index is -0.000000375. The highest BCUT2D eigenvalue weighted by molar-refractivity contribution is 5.68. The molecule has 108 valence electrons. The van der Waals surface area contributed by atoms with Crippen molar-refractivity contribution in [2.75, 3.05) is 0 Å². The molecule has 0 aliphatic carbocycles. The SMILES string of the molecule is C=C.C=C/C=C(\C=C)c1nnc(CC)o1.CC.CC. The Bertz CT molecular complexity index is 351. The van der Waals surface area contributed by atoms with Gasteiger partial charge in [-0.05, 0) is 0 Å².